The quantitative estimate of drug-likeness (QED) is 0.275. The van der Waals surface area contributed by atoms with E-state index >= 15 is 0 Å². The molecule has 0 amide bonds. The van der Waals surface area contributed by atoms with Gasteiger partial charge in [0.15, 0.2) is 0 Å². The molecule has 0 saturated heterocycles. The molecule has 0 aliphatic heterocycles. The fraction of sp³-hybridized carbons (Fsp3) is 0.600. The molecule has 0 aliphatic rings. The van der Waals surface area contributed by atoms with Crippen molar-refractivity contribution in [2.75, 3.05) is 0 Å². The lowest BCUT2D eigenvalue weighted by atomic mass is 10.1. The first kappa shape index (κ1) is 20.3. The van der Waals surface area contributed by atoms with Gasteiger partial charge in [-0.25, -0.2) is 4.79 Å². The minimum Gasteiger partial charge on any atom is -0.481 e. The van der Waals surface area contributed by atoms with E-state index < -0.39 is 36.4 Å². The van der Waals surface area contributed by atoms with E-state index in [0.29, 0.717) is 5.57 Å². The van der Waals surface area contributed by atoms with Crippen LogP contribution in [-0.2, 0) is 14.3 Å². The highest BCUT2D eigenvalue weighted by Gasteiger charge is 2.23. The molecule has 0 aromatic rings. The number of carbonyl (C=O) groups is 2. The molecule has 4 atom stereocenters. The summed E-state index contributed by atoms with van der Waals surface area (Å²) in [6, 6.07) is 0. The largest absolute Gasteiger partial charge is 0.481 e. The van der Waals surface area contributed by atoms with Crippen LogP contribution in [0.4, 0.5) is 0 Å². The average Bonchev–Trinajstić information content (AvgIpc) is 2.46. The Labute approximate surface area is 129 Å². The fourth-order valence-electron chi connectivity index (χ4n) is 1.40. The molecule has 0 aromatic carbocycles. The molecule has 4 N–H and O–H groups in total. The Morgan fingerprint density at radius 3 is 2.23 bits per heavy atom. The van der Waals surface area contributed by atoms with Gasteiger partial charge in [-0.15, -0.1) is 0 Å². The maximum Gasteiger partial charge on any atom is 0.334 e. The van der Waals surface area contributed by atoms with Crippen molar-refractivity contribution in [1.29, 1.82) is 0 Å². The van der Waals surface area contributed by atoms with Crippen molar-refractivity contribution in [3.63, 3.8) is 0 Å². The summed E-state index contributed by atoms with van der Waals surface area (Å²) >= 11 is 0. The molecule has 0 saturated carbocycles. The molecule has 0 aliphatic carbocycles. The summed E-state index contributed by atoms with van der Waals surface area (Å²) in [5.41, 5.74) is 0.333. The molecule has 0 rings (SSSR count). The van der Waals surface area contributed by atoms with Gasteiger partial charge in [-0.1, -0.05) is 12.2 Å². The third kappa shape index (κ3) is 7.92. The van der Waals surface area contributed by atoms with Crippen LogP contribution in [0.5, 0.6) is 0 Å². The Kier molecular flexibility index (Phi) is 9.32. The van der Waals surface area contributed by atoms with Gasteiger partial charge in [0.25, 0.3) is 0 Å². The van der Waals surface area contributed by atoms with Crippen LogP contribution >= 0.6 is 0 Å². The Morgan fingerprint density at radius 1 is 1.18 bits per heavy atom. The standard InChI is InChI=1S/C15H24O7/c1-4-9(2)15(21)22-13(7-5-11(17)10(3)16)12(18)6-8-14(19)20/h4-5,7,10-13,16-18H,6,8H2,1-3H3,(H,19,20)/b7-5-,9-4+. The normalized spacial score (nSPS) is 17.8. The van der Waals surface area contributed by atoms with Crippen LogP contribution in [-0.4, -0.2) is 56.8 Å². The zero-order valence-corrected chi connectivity index (χ0v) is 13.0. The molecule has 0 heterocycles. The van der Waals surface area contributed by atoms with Gasteiger partial charge < -0.3 is 25.2 Å². The maximum atomic E-state index is 11.7. The van der Waals surface area contributed by atoms with E-state index in [0.717, 1.165) is 0 Å². The Morgan fingerprint density at radius 2 is 1.77 bits per heavy atom. The van der Waals surface area contributed by atoms with Crippen molar-refractivity contribution >= 4 is 11.9 Å². The molecule has 0 fully saturated rings. The highest BCUT2D eigenvalue weighted by Crippen LogP contribution is 2.12. The zero-order valence-electron chi connectivity index (χ0n) is 13.0. The molecule has 22 heavy (non-hydrogen) atoms. The van der Waals surface area contributed by atoms with Crippen molar-refractivity contribution in [1.82, 2.24) is 0 Å². The molecular formula is C15H24O7. The molecule has 7 heteroatoms. The first-order valence-corrected chi connectivity index (χ1v) is 6.97. The van der Waals surface area contributed by atoms with Crippen LogP contribution in [0, 0.1) is 0 Å². The van der Waals surface area contributed by atoms with E-state index in [1.165, 1.54) is 32.1 Å². The number of hydrogen-bond acceptors (Lipinski definition) is 6. The van der Waals surface area contributed by atoms with Gasteiger partial charge in [0.05, 0.1) is 18.3 Å². The van der Waals surface area contributed by atoms with E-state index in [1.807, 2.05) is 0 Å². The number of rotatable bonds is 9. The molecule has 0 spiro atoms. The summed E-state index contributed by atoms with van der Waals surface area (Å²) in [4.78, 5) is 22.3. The Bertz CT molecular complexity index is 426. The molecule has 126 valence electrons. The van der Waals surface area contributed by atoms with Gasteiger partial charge in [-0.3, -0.25) is 4.79 Å². The summed E-state index contributed by atoms with van der Waals surface area (Å²) in [6.07, 6.45) is -0.990. The number of hydrogen-bond donors (Lipinski definition) is 4. The van der Waals surface area contributed by atoms with Crippen LogP contribution < -0.4 is 0 Å². The minimum atomic E-state index is -1.23. The fourth-order valence-corrected chi connectivity index (χ4v) is 1.40. The third-order valence-corrected chi connectivity index (χ3v) is 3.02. The smallest absolute Gasteiger partial charge is 0.334 e. The third-order valence-electron chi connectivity index (χ3n) is 3.02. The Hall–Kier alpha value is -1.70. The van der Waals surface area contributed by atoms with Gasteiger partial charge in [-0.2, -0.15) is 0 Å². The van der Waals surface area contributed by atoms with Gasteiger partial charge >= 0.3 is 11.9 Å². The van der Waals surface area contributed by atoms with E-state index in [9.17, 15) is 24.9 Å². The van der Waals surface area contributed by atoms with Crippen molar-refractivity contribution in [3.8, 4) is 0 Å². The van der Waals surface area contributed by atoms with E-state index in [-0.39, 0.29) is 12.8 Å². The number of carboxylic acids is 1. The predicted octanol–water partition coefficient (Wildman–Crippen LogP) is 0.388. The number of aliphatic carboxylic acids is 1. The van der Waals surface area contributed by atoms with Crippen molar-refractivity contribution in [2.45, 2.75) is 58.0 Å². The second-order valence-electron chi connectivity index (χ2n) is 4.96. The number of carbonyl (C=O) groups excluding carboxylic acids is 1. The zero-order chi connectivity index (χ0) is 17.3. The molecular weight excluding hydrogens is 292 g/mol. The lowest BCUT2D eigenvalue weighted by Crippen LogP contribution is -2.31. The highest BCUT2D eigenvalue weighted by atomic mass is 16.6. The van der Waals surface area contributed by atoms with Crippen molar-refractivity contribution in [2.24, 2.45) is 0 Å². The number of aliphatic hydroxyl groups is 3. The lowest BCUT2D eigenvalue weighted by molar-refractivity contribution is -0.147. The van der Waals surface area contributed by atoms with E-state index in [4.69, 9.17) is 9.84 Å². The van der Waals surface area contributed by atoms with Gasteiger partial charge in [-0.05, 0) is 33.3 Å². The summed E-state index contributed by atoms with van der Waals surface area (Å²) in [5.74, 6) is -1.74. The topological polar surface area (TPSA) is 124 Å². The number of aliphatic hydroxyl groups excluding tert-OH is 3. The maximum absolute atomic E-state index is 11.7. The second-order valence-corrected chi connectivity index (χ2v) is 4.96. The van der Waals surface area contributed by atoms with Crippen LogP contribution in [0.15, 0.2) is 23.8 Å². The second kappa shape index (κ2) is 10.1. The first-order chi connectivity index (χ1) is 10.2. The summed E-state index contributed by atoms with van der Waals surface area (Å²) in [6.45, 7) is 4.57. The first-order valence-electron chi connectivity index (χ1n) is 6.97. The monoisotopic (exact) mass is 316 g/mol. The molecule has 7 nitrogen and oxygen atoms in total. The Balaban J connectivity index is 4.97. The summed E-state index contributed by atoms with van der Waals surface area (Å²) in [5, 5.41) is 37.3. The number of ether oxygens (including phenoxy) is 1. The van der Waals surface area contributed by atoms with Crippen LogP contribution in [0.2, 0.25) is 0 Å². The van der Waals surface area contributed by atoms with Gasteiger partial charge in [0, 0.05) is 12.0 Å². The minimum absolute atomic E-state index is 0.114. The predicted molar refractivity (Wildman–Crippen MR) is 79.0 cm³/mol. The molecule has 0 aromatic heterocycles. The summed E-state index contributed by atoms with van der Waals surface area (Å²) < 4.78 is 5.10. The van der Waals surface area contributed by atoms with Gasteiger partial charge in [0.2, 0.25) is 0 Å². The van der Waals surface area contributed by atoms with Gasteiger partial charge in [0.1, 0.15) is 6.10 Å². The van der Waals surface area contributed by atoms with E-state index in [1.54, 1.807) is 6.92 Å². The highest BCUT2D eigenvalue weighted by molar-refractivity contribution is 5.87. The number of esters is 1. The molecule has 4 unspecified atom stereocenters. The molecule has 0 radical (unpaired) electrons. The SMILES string of the molecule is C/C=C(\C)C(=O)OC(/C=C\C(O)C(C)O)C(O)CCC(=O)O. The number of carboxylic acid groups (broad SMARTS) is 1. The lowest BCUT2D eigenvalue weighted by Gasteiger charge is -2.21. The van der Waals surface area contributed by atoms with Crippen LogP contribution in [0.3, 0.4) is 0 Å². The number of allylic oxidation sites excluding steroid dienone is 1. The van der Waals surface area contributed by atoms with Crippen molar-refractivity contribution in [3.05, 3.63) is 23.8 Å². The van der Waals surface area contributed by atoms with E-state index in [2.05, 4.69) is 0 Å². The molecule has 0 bridgehead atoms. The van der Waals surface area contributed by atoms with Crippen LogP contribution in [0.1, 0.15) is 33.6 Å². The van der Waals surface area contributed by atoms with Crippen molar-refractivity contribution < 1.29 is 34.8 Å². The average molecular weight is 316 g/mol. The summed E-state index contributed by atoms with van der Waals surface area (Å²) in [7, 11) is 0. The van der Waals surface area contributed by atoms with Crippen LogP contribution in [0.25, 0.3) is 0 Å².